The maximum atomic E-state index is 4.03. The van der Waals surface area contributed by atoms with E-state index in [1.54, 1.807) is 6.08 Å². The van der Waals surface area contributed by atoms with Crippen molar-refractivity contribution in [3.05, 3.63) is 48.9 Å². The largest absolute Gasteiger partial charge is 0.349 e. The molecule has 0 unspecified atom stereocenters. The summed E-state index contributed by atoms with van der Waals surface area (Å²) >= 11 is 0. The van der Waals surface area contributed by atoms with Gasteiger partial charge in [-0.05, 0) is 24.5 Å². The average Bonchev–Trinajstić information content (AvgIpc) is 2.22. The first-order valence-corrected chi connectivity index (χ1v) is 5.00. The fourth-order valence-corrected chi connectivity index (χ4v) is 1.17. The molecule has 0 fully saturated rings. The molecule has 0 aliphatic heterocycles. The van der Waals surface area contributed by atoms with Crippen molar-refractivity contribution < 1.29 is 0 Å². The van der Waals surface area contributed by atoms with Crippen LogP contribution in [-0.4, -0.2) is 11.9 Å². The van der Waals surface area contributed by atoms with Crippen molar-refractivity contribution >= 4 is 0 Å². The van der Waals surface area contributed by atoms with Gasteiger partial charge in [0.25, 0.3) is 0 Å². The second kappa shape index (κ2) is 6.25. The molecule has 14 heavy (non-hydrogen) atoms. The van der Waals surface area contributed by atoms with Crippen molar-refractivity contribution in [2.24, 2.45) is 0 Å². The van der Waals surface area contributed by atoms with Crippen LogP contribution in [0, 0.1) is 0 Å². The molecule has 0 aromatic carbocycles. The van der Waals surface area contributed by atoms with Crippen LogP contribution in [0.15, 0.2) is 48.9 Å². The van der Waals surface area contributed by atoms with Gasteiger partial charge in [-0.1, -0.05) is 39.7 Å². The zero-order valence-electron chi connectivity index (χ0n) is 9.64. The first-order valence-electron chi connectivity index (χ1n) is 5.00. The predicted octanol–water partition coefficient (Wildman–Crippen LogP) is 3.88. The summed E-state index contributed by atoms with van der Waals surface area (Å²) in [5.41, 5.74) is 3.31. The lowest BCUT2D eigenvalue weighted by Gasteiger charge is -2.25. The second-order valence-electron chi connectivity index (χ2n) is 3.22. The molecule has 0 atom stereocenters. The number of likely N-dealkylation sites (N-methyl/N-ethyl adjacent to an activating group) is 1. The maximum absolute atomic E-state index is 4.03. The van der Waals surface area contributed by atoms with Crippen LogP contribution in [0.2, 0.25) is 0 Å². The number of hydrogen-bond donors (Lipinski definition) is 0. The lowest BCUT2D eigenvalue weighted by atomic mass is 10.1. The Kier molecular flexibility index (Phi) is 5.70. The summed E-state index contributed by atoms with van der Waals surface area (Å²) in [7, 11) is 2.02. The van der Waals surface area contributed by atoms with Crippen LogP contribution in [0.4, 0.5) is 0 Å². The molecule has 1 nitrogen and oxygen atoms in total. The fraction of sp³-hybridized carbons (Fsp3) is 0.385. The molecular weight excluding hydrogens is 170 g/mol. The van der Waals surface area contributed by atoms with Crippen molar-refractivity contribution in [3.8, 4) is 0 Å². The van der Waals surface area contributed by atoms with Gasteiger partial charge in [0.05, 0.1) is 0 Å². The van der Waals surface area contributed by atoms with Crippen LogP contribution in [0.3, 0.4) is 0 Å². The molecule has 0 N–H and O–H groups in total. The van der Waals surface area contributed by atoms with Gasteiger partial charge in [0, 0.05) is 18.4 Å². The van der Waals surface area contributed by atoms with E-state index in [0.717, 1.165) is 29.8 Å². The molecule has 0 aromatic heterocycles. The zero-order chi connectivity index (χ0) is 11.1. The van der Waals surface area contributed by atoms with E-state index in [1.165, 1.54) is 0 Å². The molecule has 0 heterocycles. The van der Waals surface area contributed by atoms with Gasteiger partial charge in [0.1, 0.15) is 0 Å². The highest BCUT2D eigenvalue weighted by Gasteiger charge is 2.07. The smallest absolute Gasteiger partial charge is 0.0431 e. The third kappa shape index (κ3) is 3.25. The highest BCUT2D eigenvalue weighted by molar-refractivity contribution is 5.32. The van der Waals surface area contributed by atoms with E-state index in [9.17, 15) is 0 Å². The highest BCUT2D eigenvalue weighted by atomic mass is 15.1. The van der Waals surface area contributed by atoms with Gasteiger partial charge >= 0.3 is 0 Å². The van der Waals surface area contributed by atoms with Crippen molar-refractivity contribution in [3.63, 3.8) is 0 Å². The molecule has 0 aliphatic carbocycles. The summed E-state index contributed by atoms with van der Waals surface area (Å²) in [6, 6.07) is 0. The molecule has 0 aliphatic rings. The van der Waals surface area contributed by atoms with E-state index in [2.05, 4.69) is 38.5 Å². The topological polar surface area (TPSA) is 3.24 Å². The Morgan fingerprint density at radius 2 is 1.79 bits per heavy atom. The van der Waals surface area contributed by atoms with E-state index in [0.29, 0.717) is 0 Å². The Bertz CT molecular complexity index is 258. The monoisotopic (exact) mass is 191 g/mol. The van der Waals surface area contributed by atoms with Crippen LogP contribution in [0.5, 0.6) is 0 Å². The summed E-state index contributed by atoms with van der Waals surface area (Å²) in [4.78, 5) is 2.08. The van der Waals surface area contributed by atoms with E-state index < -0.39 is 0 Å². The van der Waals surface area contributed by atoms with Gasteiger partial charge in [-0.2, -0.15) is 0 Å². The number of rotatable bonds is 6. The van der Waals surface area contributed by atoms with Crippen molar-refractivity contribution in [1.29, 1.82) is 0 Å². The van der Waals surface area contributed by atoms with Crippen LogP contribution in [0.25, 0.3) is 0 Å². The molecule has 0 saturated heterocycles. The summed E-state index contributed by atoms with van der Waals surface area (Å²) in [6.07, 6.45) is 5.66. The highest BCUT2D eigenvalue weighted by Crippen LogP contribution is 2.20. The molecule has 0 spiro atoms. The molecule has 0 amide bonds. The minimum atomic E-state index is 0.945. The van der Waals surface area contributed by atoms with Crippen LogP contribution in [0.1, 0.15) is 26.7 Å². The van der Waals surface area contributed by atoms with Crippen LogP contribution < -0.4 is 0 Å². The Labute approximate surface area is 88.1 Å². The SMILES string of the molecule is C=C/C=C(\C(=C)CC)N(C)C(=C)CC. The average molecular weight is 191 g/mol. The summed E-state index contributed by atoms with van der Waals surface area (Å²) < 4.78 is 0. The number of allylic oxidation sites excluding steroid dienone is 4. The maximum Gasteiger partial charge on any atom is 0.0431 e. The van der Waals surface area contributed by atoms with Gasteiger partial charge in [-0.15, -0.1) is 0 Å². The molecule has 0 saturated carbocycles. The number of nitrogens with zero attached hydrogens (tertiary/aromatic N) is 1. The normalized spacial score (nSPS) is 10.9. The van der Waals surface area contributed by atoms with Crippen molar-refractivity contribution in [2.45, 2.75) is 26.7 Å². The van der Waals surface area contributed by atoms with Crippen molar-refractivity contribution in [1.82, 2.24) is 4.90 Å². The predicted molar refractivity (Wildman–Crippen MR) is 64.9 cm³/mol. The molecule has 0 bridgehead atoms. The third-order valence-electron chi connectivity index (χ3n) is 2.31. The summed E-state index contributed by atoms with van der Waals surface area (Å²) in [5.74, 6) is 0. The second-order valence-corrected chi connectivity index (χ2v) is 3.22. The van der Waals surface area contributed by atoms with E-state index in [1.807, 2.05) is 13.1 Å². The van der Waals surface area contributed by atoms with Crippen LogP contribution >= 0.6 is 0 Å². The zero-order valence-corrected chi connectivity index (χ0v) is 9.64. The minimum Gasteiger partial charge on any atom is -0.349 e. The van der Waals surface area contributed by atoms with Gasteiger partial charge in [-0.3, -0.25) is 0 Å². The summed E-state index contributed by atoms with van der Waals surface area (Å²) in [6.45, 7) is 15.9. The molecule has 0 radical (unpaired) electrons. The summed E-state index contributed by atoms with van der Waals surface area (Å²) in [5, 5.41) is 0. The van der Waals surface area contributed by atoms with Crippen molar-refractivity contribution in [2.75, 3.05) is 7.05 Å². The number of hydrogen-bond acceptors (Lipinski definition) is 1. The quantitative estimate of drug-likeness (QED) is 0.576. The van der Waals surface area contributed by atoms with E-state index in [-0.39, 0.29) is 0 Å². The molecule has 78 valence electrons. The Morgan fingerprint density at radius 3 is 2.14 bits per heavy atom. The molecule has 1 heteroatoms. The van der Waals surface area contributed by atoms with Gasteiger partial charge in [0.15, 0.2) is 0 Å². The standard InChI is InChI=1S/C13H21N/c1-7-10-13(11(4)8-2)14(6)12(5)9-3/h7,10H,1,4-5,8-9H2,2-3,6H3/b13-10+. The van der Waals surface area contributed by atoms with E-state index >= 15 is 0 Å². The van der Waals surface area contributed by atoms with Gasteiger partial charge in [0.2, 0.25) is 0 Å². The lowest BCUT2D eigenvalue weighted by Crippen LogP contribution is -2.17. The Balaban J connectivity index is 4.84. The van der Waals surface area contributed by atoms with Gasteiger partial charge < -0.3 is 4.90 Å². The fourth-order valence-electron chi connectivity index (χ4n) is 1.17. The lowest BCUT2D eigenvalue weighted by molar-refractivity contribution is 0.509. The first kappa shape index (κ1) is 12.8. The Morgan fingerprint density at radius 1 is 1.21 bits per heavy atom. The minimum absolute atomic E-state index is 0.945. The van der Waals surface area contributed by atoms with E-state index in [4.69, 9.17) is 0 Å². The molecule has 0 aromatic rings. The molecular formula is C13H21N. The Hall–Kier alpha value is -1.24. The third-order valence-corrected chi connectivity index (χ3v) is 2.31. The first-order chi connectivity index (χ1) is 6.58. The van der Waals surface area contributed by atoms with Gasteiger partial charge in [-0.25, -0.2) is 0 Å². The molecule has 0 rings (SSSR count). The van der Waals surface area contributed by atoms with Crippen LogP contribution in [-0.2, 0) is 0 Å².